The van der Waals surface area contributed by atoms with Gasteiger partial charge in [-0.15, -0.1) is 0 Å². The zero-order valence-corrected chi connectivity index (χ0v) is 15.3. The first kappa shape index (κ1) is 18.2. The monoisotopic (exact) mass is 363 g/mol. The Labute approximate surface area is 154 Å². The lowest BCUT2D eigenvalue weighted by atomic mass is 9.99. The highest BCUT2D eigenvalue weighted by atomic mass is 35.5. The van der Waals surface area contributed by atoms with Crippen LogP contribution in [0.3, 0.4) is 0 Å². The number of hydrogen-bond donors (Lipinski definition) is 1. The van der Waals surface area contributed by atoms with Gasteiger partial charge in [-0.1, -0.05) is 24.1 Å². The fourth-order valence-corrected chi connectivity index (χ4v) is 4.04. The average molecular weight is 364 g/mol. The van der Waals surface area contributed by atoms with Gasteiger partial charge in [0.15, 0.2) is 0 Å². The standard InChI is InChI=1S/C19H26ClN3O2/c20-16-6-1-5-15(12-16)19(25)23-9-3-8-22(10-11-23)18(24)13-14-4-2-7-17(14)21/h1,5-6,12,14,17H,2-4,7-11,13,21H2/t14-,17+/m0/s1. The maximum Gasteiger partial charge on any atom is 0.253 e. The van der Waals surface area contributed by atoms with Gasteiger partial charge in [-0.25, -0.2) is 0 Å². The Kier molecular flexibility index (Phi) is 5.97. The minimum atomic E-state index is -0.0189. The van der Waals surface area contributed by atoms with Crippen molar-refractivity contribution in [1.29, 1.82) is 0 Å². The lowest BCUT2D eigenvalue weighted by Gasteiger charge is -2.24. The van der Waals surface area contributed by atoms with E-state index in [4.69, 9.17) is 17.3 Å². The molecule has 1 heterocycles. The molecule has 0 spiro atoms. The van der Waals surface area contributed by atoms with E-state index in [-0.39, 0.29) is 17.9 Å². The lowest BCUT2D eigenvalue weighted by Crippen LogP contribution is -2.39. The maximum absolute atomic E-state index is 12.7. The van der Waals surface area contributed by atoms with Gasteiger partial charge in [-0.3, -0.25) is 9.59 Å². The van der Waals surface area contributed by atoms with Crippen molar-refractivity contribution in [3.05, 3.63) is 34.9 Å². The van der Waals surface area contributed by atoms with Crippen molar-refractivity contribution >= 4 is 23.4 Å². The Morgan fingerprint density at radius 2 is 1.84 bits per heavy atom. The van der Waals surface area contributed by atoms with Crippen LogP contribution < -0.4 is 5.73 Å². The third-order valence-electron chi connectivity index (χ3n) is 5.36. The molecule has 2 fully saturated rings. The van der Waals surface area contributed by atoms with Crippen LogP contribution >= 0.6 is 11.6 Å². The molecule has 2 aliphatic rings. The molecule has 3 rings (SSSR count). The number of carbonyl (C=O) groups is 2. The van der Waals surface area contributed by atoms with Gasteiger partial charge >= 0.3 is 0 Å². The molecule has 1 aliphatic heterocycles. The highest BCUT2D eigenvalue weighted by molar-refractivity contribution is 6.30. The summed E-state index contributed by atoms with van der Waals surface area (Å²) < 4.78 is 0. The van der Waals surface area contributed by atoms with Gasteiger partial charge in [0.1, 0.15) is 0 Å². The van der Waals surface area contributed by atoms with Crippen molar-refractivity contribution < 1.29 is 9.59 Å². The Morgan fingerprint density at radius 3 is 2.56 bits per heavy atom. The van der Waals surface area contributed by atoms with Crippen LogP contribution in [0, 0.1) is 5.92 Å². The van der Waals surface area contributed by atoms with Crippen LogP contribution in [0.1, 0.15) is 42.5 Å². The molecule has 1 aliphatic carbocycles. The number of rotatable bonds is 3. The average Bonchev–Trinajstić information content (AvgIpc) is 2.86. The van der Waals surface area contributed by atoms with E-state index >= 15 is 0 Å². The third kappa shape index (κ3) is 4.53. The Morgan fingerprint density at radius 1 is 1.08 bits per heavy atom. The van der Waals surface area contributed by atoms with E-state index in [1.165, 1.54) is 0 Å². The number of nitrogens with two attached hydrogens (primary N) is 1. The zero-order chi connectivity index (χ0) is 17.8. The summed E-state index contributed by atoms with van der Waals surface area (Å²) in [5.74, 6) is 0.481. The van der Waals surface area contributed by atoms with Gasteiger partial charge in [0.05, 0.1) is 0 Å². The molecular formula is C19H26ClN3O2. The molecule has 1 aromatic rings. The van der Waals surface area contributed by atoms with E-state index in [2.05, 4.69) is 0 Å². The molecule has 0 bridgehead atoms. The molecule has 0 radical (unpaired) electrons. The number of nitrogens with zero attached hydrogens (tertiary/aromatic N) is 2. The highest BCUT2D eigenvalue weighted by Gasteiger charge is 2.29. The fourth-order valence-electron chi connectivity index (χ4n) is 3.85. The summed E-state index contributed by atoms with van der Waals surface area (Å²) in [6, 6.07) is 7.18. The minimum absolute atomic E-state index is 0.0189. The molecular weight excluding hydrogens is 338 g/mol. The third-order valence-corrected chi connectivity index (χ3v) is 5.60. The van der Waals surface area contributed by atoms with E-state index in [1.54, 1.807) is 24.3 Å². The summed E-state index contributed by atoms with van der Waals surface area (Å²) in [6.45, 7) is 2.53. The van der Waals surface area contributed by atoms with Crippen molar-refractivity contribution in [1.82, 2.24) is 9.80 Å². The predicted molar refractivity (Wildman–Crippen MR) is 98.5 cm³/mol. The van der Waals surface area contributed by atoms with Crippen molar-refractivity contribution in [3.63, 3.8) is 0 Å². The van der Waals surface area contributed by atoms with Gasteiger partial charge in [-0.2, -0.15) is 0 Å². The first-order chi connectivity index (χ1) is 12.0. The van der Waals surface area contributed by atoms with Crippen molar-refractivity contribution in [2.45, 2.75) is 38.1 Å². The second-order valence-corrected chi connectivity index (χ2v) is 7.53. The quantitative estimate of drug-likeness (QED) is 0.897. The number of hydrogen-bond acceptors (Lipinski definition) is 3. The molecule has 1 saturated carbocycles. The van der Waals surface area contributed by atoms with E-state index in [0.29, 0.717) is 49.1 Å². The van der Waals surface area contributed by atoms with E-state index in [9.17, 15) is 9.59 Å². The summed E-state index contributed by atoms with van der Waals surface area (Å²) in [5, 5.41) is 0.561. The van der Waals surface area contributed by atoms with Gasteiger partial charge in [0.2, 0.25) is 5.91 Å². The normalized spacial score (nSPS) is 24.2. The molecule has 2 atom stereocenters. The molecule has 0 aromatic heterocycles. The van der Waals surface area contributed by atoms with Gasteiger partial charge in [0, 0.05) is 49.2 Å². The zero-order valence-electron chi connectivity index (χ0n) is 14.5. The van der Waals surface area contributed by atoms with Crippen LogP contribution in [0.15, 0.2) is 24.3 Å². The fraction of sp³-hybridized carbons (Fsp3) is 0.579. The van der Waals surface area contributed by atoms with Crippen LogP contribution in [-0.2, 0) is 4.79 Å². The molecule has 6 heteroatoms. The summed E-state index contributed by atoms with van der Waals surface area (Å²) in [5.41, 5.74) is 6.69. The molecule has 136 valence electrons. The van der Waals surface area contributed by atoms with Crippen molar-refractivity contribution in [3.8, 4) is 0 Å². The van der Waals surface area contributed by atoms with Crippen LogP contribution in [0.4, 0.5) is 0 Å². The largest absolute Gasteiger partial charge is 0.341 e. The summed E-state index contributed by atoms with van der Waals surface area (Å²) in [4.78, 5) is 29.0. The molecule has 25 heavy (non-hydrogen) atoms. The topological polar surface area (TPSA) is 66.6 Å². The van der Waals surface area contributed by atoms with Gasteiger partial charge < -0.3 is 15.5 Å². The SMILES string of the molecule is N[C@@H]1CCC[C@H]1CC(=O)N1CCCN(C(=O)c2cccc(Cl)c2)CC1. The second-order valence-electron chi connectivity index (χ2n) is 7.10. The summed E-state index contributed by atoms with van der Waals surface area (Å²) >= 11 is 5.98. The maximum atomic E-state index is 12.7. The Balaban J connectivity index is 1.56. The molecule has 2 N–H and O–H groups in total. The van der Waals surface area contributed by atoms with Crippen LogP contribution in [0.5, 0.6) is 0 Å². The molecule has 5 nitrogen and oxygen atoms in total. The lowest BCUT2D eigenvalue weighted by molar-refractivity contribution is -0.132. The molecule has 0 unspecified atom stereocenters. The van der Waals surface area contributed by atoms with Gasteiger partial charge in [-0.05, 0) is 43.4 Å². The first-order valence-electron chi connectivity index (χ1n) is 9.13. The summed E-state index contributed by atoms with van der Waals surface area (Å²) in [7, 11) is 0. The Bertz CT molecular complexity index is 637. The van der Waals surface area contributed by atoms with Crippen molar-refractivity contribution in [2.24, 2.45) is 11.7 Å². The Hall–Kier alpha value is -1.59. The molecule has 2 amide bonds. The van der Waals surface area contributed by atoms with E-state index in [1.807, 2.05) is 9.80 Å². The van der Waals surface area contributed by atoms with Crippen molar-refractivity contribution in [2.75, 3.05) is 26.2 Å². The molecule has 1 aromatic carbocycles. The van der Waals surface area contributed by atoms with Gasteiger partial charge in [0.25, 0.3) is 5.91 Å². The van der Waals surface area contributed by atoms with Crippen LogP contribution in [0.25, 0.3) is 0 Å². The second kappa shape index (κ2) is 8.19. The van der Waals surface area contributed by atoms with E-state index < -0.39 is 0 Å². The number of halogens is 1. The summed E-state index contributed by atoms with van der Waals surface area (Å²) in [6.07, 6.45) is 4.55. The number of amides is 2. The highest BCUT2D eigenvalue weighted by Crippen LogP contribution is 2.27. The van der Waals surface area contributed by atoms with Crippen LogP contribution in [0.2, 0.25) is 5.02 Å². The molecule has 1 saturated heterocycles. The minimum Gasteiger partial charge on any atom is -0.341 e. The number of carbonyl (C=O) groups excluding carboxylic acids is 2. The predicted octanol–water partition coefficient (Wildman–Crippen LogP) is 2.53. The smallest absolute Gasteiger partial charge is 0.253 e. The first-order valence-corrected chi connectivity index (χ1v) is 9.50. The van der Waals surface area contributed by atoms with E-state index in [0.717, 1.165) is 25.7 Å². The van der Waals surface area contributed by atoms with Crippen LogP contribution in [-0.4, -0.2) is 53.8 Å². The number of benzene rings is 1.